The summed E-state index contributed by atoms with van der Waals surface area (Å²) in [5.41, 5.74) is 2.11. The third-order valence-corrected chi connectivity index (χ3v) is 6.73. The van der Waals surface area contributed by atoms with Crippen LogP contribution in [0.5, 0.6) is 0 Å². The van der Waals surface area contributed by atoms with Crippen molar-refractivity contribution < 1.29 is 4.79 Å². The Morgan fingerprint density at radius 3 is 2.60 bits per heavy atom. The Balaban J connectivity index is 1.81. The summed E-state index contributed by atoms with van der Waals surface area (Å²) in [5.74, 6) is 0.0940. The number of hydrogen-bond acceptors (Lipinski definition) is 4. The molecule has 1 amide bonds. The third-order valence-electron chi connectivity index (χ3n) is 5.45. The first-order chi connectivity index (χ1) is 14.5. The number of likely N-dealkylation sites (tertiary alicyclic amines) is 1. The van der Waals surface area contributed by atoms with Gasteiger partial charge in [0.2, 0.25) is 5.91 Å². The van der Waals surface area contributed by atoms with Crippen molar-refractivity contribution in [2.45, 2.75) is 43.5 Å². The van der Waals surface area contributed by atoms with Gasteiger partial charge < -0.3 is 4.90 Å². The molecule has 3 aromatic rings. The van der Waals surface area contributed by atoms with Crippen LogP contribution in [0, 0.1) is 6.92 Å². The standard InChI is InChI=1S/C23H24ClN3O2S/c1-15-8-4-5-9-20(15)27-22(29)18-11-10-17(24)14-19(18)25-23(27)30-16(2)21(28)26-12-6-3-7-13-26/h4-5,8-11,14,16H,3,6-7,12-13H2,1-2H3. The number of carbonyl (C=O) groups is 1. The maximum atomic E-state index is 13.4. The summed E-state index contributed by atoms with van der Waals surface area (Å²) in [6.07, 6.45) is 3.26. The number of rotatable bonds is 4. The van der Waals surface area contributed by atoms with Crippen LogP contribution in [0.4, 0.5) is 0 Å². The number of fused-ring (bicyclic) bond motifs is 1. The van der Waals surface area contributed by atoms with Crippen LogP contribution in [-0.2, 0) is 4.79 Å². The van der Waals surface area contributed by atoms with Crippen LogP contribution >= 0.6 is 23.4 Å². The number of carbonyl (C=O) groups excluding carboxylic acids is 1. The summed E-state index contributed by atoms with van der Waals surface area (Å²) in [4.78, 5) is 33.1. The minimum absolute atomic E-state index is 0.0940. The molecule has 1 atom stereocenters. The second-order valence-corrected chi connectivity index (χ2v) is 9.37. The first-order valence-electron chi connectivity index (χ1n) is 10.2. The topological polar surface area (TPSA) is 55.2 Å². The maximum absolute atomic E-state index is 13.4. The fraction of sp³-hybridized carbons (Fsp3) is 0.348. The molecule has 0 saturated carbocycles. The second-order valence-electron chi connectivity index (χ2n) is 7.63. The Hall–Kier alpha value is -2.31. The largest absolute Gasteiger partial charge is 0.342 e. The quantitative estimate of drug-likeness (QED) is 0.429. The molecule has 2 aromatic carbocycles. The number of thioether (sulfide) groups is 1. The van der Waals surface area contributed by atoms with Crippen LogP contribution in [0.3, 0.4) is 0 Å². The number of nitrogens with zero attached hydrogens (tertiary/aromatic N) is 3. The Labute approximate surface area is 185 Å². The lowest BCUT2D eigenvalue weighted by Gasteiger charge is -2.29. The van der Waals surface area contributed by atoms with Gasteiger partial charge >= 0.3 is 0 Å². The Morgan fingerprint density at radius 2 is 1.87 bits per heavy atom. The van der Waals surface area contributed by atoms with Gasteiger partial charge in [-0.15, -0.1) is 0 Å². The molecule has 5 nitrogen and oxygen atoms in total. The van der Waals surface area contributed by atoms with Crippen molar-refractivity contribution in [1.29, 1.82) is 0 Å². The van der Waals surface area contributed by atoms with Crippen LogP contribution < -0.4 is 5.56 Å². The van der Waals surface area contributed by atoms with Crippen molar-refractivity contribution in [3.8, 4) is 5.69 Å². The molecule has 1 unspecified atom stereocenters. The summed E-state index contributed by atoms with van der Waals surface area (Å²) in [6.45, 7) is 5.45. The highest BCUT2D eigenvalue weighted by molar-refractivity contribution is 8.00. The van der Waals surface area contributed by atoms with E-state index in [2.05, 4.69) is 0 Å². The molecule has 4 rings (SSSR count). The molecule has 0 bridgehead atoms. The molecule has 0 radical (unpaired) electrons. The van der Waals surface area contributed by atoms with Crippen molar-refractivity contribution in [2.75, 3.05) is 13.1 Å². The number of halogens is 1. The van der Waals surface area contributed by atoms with E-state index in [0.717, 1.165) is 37.2 Å². The molecule has 0 aliphatic carbocycles. The SMILES string of the molecule is Cc1ccccc1-n1c(SC(C)C(=O)N2CCCCC2)nc2cc(Cl)ccc2c1=O. The average Bonchev–Trinajstić information content (AvgIpc) is 2.74. The first-order valence-corrected chi connectivity index (χ1v) is 11.5. The summed E-state index contributed by atoms with van der Waals surface area (Å²) < 4.78 is 1.62. The summed E-state index contributed by atoms with van der Waals surface area (Å²) in [6, 6.07) is 12.8. The van der Waals surface area contributed by atoms with E-state index < -0.39 is 0 Å². The molecule has 0 spiro atoms. The van der Waals surface area contributed by atoms with Gasteiger partial charge in [-0.1, -0.05) is 41.6 Å². The fourth-order valence-corrected chi connectivity index (χ4v) is 4.99. The molecule has 7 heteroatoms. The highest BCUT2D eigenvalue weighted by atomic mass is 35.5. The van der Waals surface area contributed by atoms with Crippen molar-refractivity contribution >= 4 is 40.2 Å². The van der Waals surface area contributed by atoms with E-state index in [9.17, 15) is 9.59 Å². The number of benzene rings is 2. The van der Waals surface area contributed by atoms with Crippen molar-refractivity contribution in [3.63, 3.8) is 0 Å². The molecule has 1 saturated heterocycles. The van der Waals surface area contributed by atoms with Gasteiger partial charge in [0.1, 0.15) is 0 Å². The van der Waals surface area contributed by atoms with Crippen molar-refractivity contribution in [1.82, 2.24) is 14.5 Å². The van der Waals surface area contributed by atoms with Gasteiger partial charge in [-0.25, -0.2) is 4.98 Å². The lowest BCUT2D eigenvalue weighted by atomic mass is 10.1. The van der Waals surface area contributed by atoms with Crippen LogP contribution in [0.1, 0.15) is 31.7 Å². The molecule has 0 N–H and O–H groups in total. The van der Waals surface area contributed by atoms with E-state index in [1.807, 2.05) is 43.0 Å². The van der Waals surface area contributed by atoms with Crippen LogP contribution in [-0.4, -0.2) is 38.7 Å². The summed E-state index contributed by atoms with van der Waals surface area (Å²) in [7, 11) is 0. The third kappa shape index (κ3) is 4.12. The average molecular weight is 442 g/mol. The van der Waals surface area contributed by atoms with E-state index in [-0.39, 0.29) is 16.7 Å². The number of hydrogen-bond donors (Lipinski definition) is 0. The van der Waals surface area contributed by atoms with Gasteiger partial charge in [0.05, 0.1) is 21.8 Å². The molecule has 30 heavy (non-hydrogen) atoms. The van der Waals surface area contributed by atoms with Crippen LogP contribution in [0.2, 0.25) is 5.02 Å². The number of aromatic nitrogens is 2. The molecule has 1 fully saturated rings. The summed E-state index contributed by atoms with van der Waals surface area (Å²) in [5, 5.41) is 1.18. The zero-order valence-electron chi connectivity index (χ0n) is 17.1. The Morgan fingerprint density at radius 1 is 1.13 bits per heavy atom. The van der Waals surface area contributed by atoms with Gasteiger partial charge in [0.15, 0.2) is 5.16 Å². The number of amides is 1. The molecule has 1 aliphatic rings. The monoisotopic (exact) mass is 441 g/mol. The minimum Gasteiger partial charge on any atom is -0.342 e. The Kier molecular flexibility index (Phi) is 6.16. The fourth-order valence-electron chi connectivity index (χ4n) is 3.82. The molecule has 1 aromatic heterocycles. The molecular formula is C23H24ClN3O2S. The van der Waals surface area contributed by atoms with Crippen molar-refractivity contribution in [3.05, 3.63) is 63.4 Å². The smallest absolute Gasteiger partial charge is 0.266 e. The minimum atomic E-state index is -0.345. The predicted octanol–water partition coefficient (Wildman–Crippen LogP) is 4.84. The number of aryl methyl sites for hydroxylation is 1. The van der Waals surface area contributed by atoms with E-state index in [1.165, 1.54) is 18.2 Å². The van der Waals surface area contributed by atoms with Gasteiger partial charge in [0, 0.05) is 18.1 Å². The lowest BCUT2D eigenvalue weighted by Crippen LogP contribution is -2.40. The van der Waals surface area contributed by atoms with E-state index in [4.69, 9.17) is 16.6 Å². The van der Waals surface area contributed by atoms with Gasteiger partial charge in [-0.2, -0.15) is 0 Å². The van der Waals surface area contributed by atoms with Crippen LogP contribution in [0.25, 0.3) is 16.6 Å². The number of piperidine rings is 1. The molecule has 156 valence electrons. The second kappa shape index (κ2) is 8.82. The van der Waals surface area contributed by atoms with E-state index in [1.54, 1.807) is 22.8 Å². The molecule has 2 heterocycles. The molecule has 1 aliphatic heterocycles. The number of para-hydroxylation sites is 1. The zero-order chi connectivity index (χ0) is 21.3. The van der Waals surface area contributed by atoms with E-state index >= 15 is 0 Å². The molecular weight excluding hydrogens is 418 g/mol. The predicted molar refractivity (Wildman–Crippen MR) is 123 cm³/mol. The zero-order valence-corrected chi connectivity index (χ0v) is 18.7. The van der Waals surface area contributed by atoms with Crippen LogP contribution in [0.15, 0.2) is 52.4 Å². The van der Waals surface area contributed by atoms with Gasteiger partial charge in [-0.05, 0) is 62.9 Å². The van der Waals surface area contributed by atoms with Gasteiger partial charge in [0.25, 0.3) is 5.56 Å². The first kappa shape index (κ1) is 20.9. The van der Waals surface area contributed by atoms with Gasteiger partial charge in [-0.3, -0.25) is 14.2 Å². The van der Waals surface area contributed by atoms with Crippen molar-refractivity contribution in [2.24, 2.45) is 0 Å². The highest BCUT2D eigenvalue weighted by Crippen LogP contribution is 2.28. The summed E-state index contributed by atoms with van der Waals surface area (Å²) >= 11 is 7.47. The maximum Gasteiger partial charge on any atom is 0.266 e. The Bertz CT molecular complexity index is 1150. The van der Waals surface area contributed by atoms with E-state index in [0.29, 0.717) is 21.1 Å². The normalized spacial score (nSPS) is 15.4. The lowest BCUT2D eigenvalue weighted by molar-refractivity contribution is -0.131. The highest BCUT2D eigenvalue weighted by Gasteiger charge is 2.25.